The molecule has 2 aliphatic carbocycles. The Morgan fingerprint density at radius 3 is 2.29 bits per heavy atom. The Hall–Kier alpha value is -1.56. The summed E-state index contributed by atoms with van der Waals surface area (Å²) in [5.41, 5.74) is 0.757. The van der Waals surface area contributed by atoms with Gasteiger partial charge in [-0.25, -0.2) is 0 Å². The second kappa shape index (κ2) is 8.05. The first-order valence-corrected chi connectivity index (χ1v) is 10.2. The minimum Gasteiger partial charge on any atom is -0.481 e. The minimum atomic E-state index is -4.39. The SMILES string of the molecule is CC1C(=O)C2(CCC(O)CC2)CCC1Cc1ccc(O[C@@H](C)C(F)(F)F)cc1. The lowest BCUT2D eigenvalue weighted by molar-refractivity contribution is -0.189. The molecule has 3 nitrogen and oxygen atoms in total. The number of hydrogen-bond acceptors (Lipinski definition) is 3. The van der Waals surface area contributed by atoms with E-state index in [0.717, 1.165) is 44.6 Å². The third kappa shape index (κ3) is 4.53. The van der Waals surface area contributed by atoms with E-state index in [0.29, 0.717) is 18.6 Å². The normalized spacial score (nSPS) is 32.4. The number of aliphatic hydroxyl groups is 1. The minimum absolute atomic E-state index is 0.0369. The van der Waals surface area contributed by atoms with Crippen LogP contribution in [0.25, 0.3) is 0 Å². The predicted octanol–water partition coefficient (Wildman–Crippen LogP) is 5.10. The molecule has 0 aromatic heterocycles. The van der Waals surface area contributed by atoms with Crippen molar-refractivity contribution < 1.29 is 27.8 Å². The maximum absolute atomic E-state index is 13.1. The number of hydrogen-bond donors (Lipinski definition) is 1. The number of Topliss-reactive ketones (excluding diaryl/α,β-unsaturated/α-hetero) is 1. The Kier molecular flexibility index (Phi) is 6.08. The highest BCUT2D eigenvalue weighted by atomic mass is 19.4. The molecule has 3 rings (SSSR count). The average Bonchev–Trinajstić information content (AvgIpc) is 2.65. The zero-order chi connectivity index (χ0) is 20.5. The van der Waals surface area contributed by atoms with Crippen molar-refractivity contribution in [1.82, 2.24) is 0 Å². The second-order valence-electron chi connectivity index (χ2n) is 8.61. The number of aliphatic hydroxyl groups excluding tert-OH is 1. The average molecular weight is 398 g/mol. The molecule has 1 aromatic carbocycles. The third-order valence-corrected chi connectivity index (χ3v) is 6.74. The molecule has 156 valence electrons. The van der Waals surface area contributed by atoms with E-state index in [9.17, 15) is 23.1 Å². The molecule has 3 atom stereocenters. The van der Waals surface area contributed by atoms with Crippen LogP contribution >= 0.6 is 0 Å². The number of carbonyl (C=O) groups excluding carboxylic acids is 1. The van der Waals surface area contributed by atoms with Gasteiger partial charge in [-0.05, 0) is 75.5 Å². The van der Waals surface area contributed by atoms with Crippen molar-refractivity contribution in [3.05, 3.63) is 29.8 Å². The summed E-state index contributed by atoms with van der Waals surface area (Å²) in [6, 6.07) is 6.71. The molecule has 6 heteroatoms. The zero-order valence-electron chi connectivity index (χ0n) is 16.5. The fraction of sp³-hybridized carbons (Fsp3) is 0.682. The fourth-order valence-electron chi connectivity index (χ4n) is 4.74. The lowest BCUT2D eigenvalue weighted by Crippen LogP contribution is -2.46. The van der Waals surface area contributed by atoms with E-state index in [1.807, 2.05) is 6.92 Å². The topological polar surface area (TPSA) is 46.5 Å². The van der Waals surface area contributed by atoms with Crippen LogP contribution in [0.15, 0.2) is 24.3 Å². The molecule has 28 heavy (non-hydrogen) atoms. The summed E-state index contributed by atoms with van der Waals surface area (Å²) in [6.07, 6.45) is -0.943. The van der Waals surface area contributed by atoms with Crippen molar-refractivity contribution in [2.75, 3.05) is 0 Å². The highest BCUT2D eigenvalue weighted by molar-refractivity contribution is 5.88. The number of ether oxygens (including phenoxy) is 1. The van der Waals surface area contributed by atoms with Crippen LogP contribution < -0.4 is 4.74 Å². The van der Waals surface area contributed by atoms with Gasteiger partial charge in [-0.1, -0.05) is 19.1 Å². The van der Waals surface area contributed by atoms with Gasteiger partial charge < -0.3 is 9.84 Å². The first-order chi connectivity index (χ1) is 13.1. The molecular formula is C22H29F3O3. The number of alkyl halides is 3. The van der Waals surface area contributed by atoms with Crippen molar-refractivity contribution in [3.8, 4) is 5.75 Å². The second-order valence-corrected chi connectivity index (χ2v) is 8.61. The Morgan fingerprint density at radius 1 is 1.14 bits per heavy atom. The van der Waals surface area contributed by atoms with Gasteiger partial charge in [0, 0.05) is 11.3 Å². The van der Waals surface area contributed by atoms with Gasteiger partial charge >= 0.3 is 6.18 Å². The van der Waals surface area contributed by atoms with E-state index in [1.165, 1.54) is 0 Å². The van der Waals surface area contributed by atoms with Crippen LogP contribution in [0.1, 0.15) is 57.9 Å². The van der Waals surface area contributed by atoms with E-state index < -0.39 is 12.3 Å². The van der Waals surface area contributed by atoms with Crippen LogP contribution in [0.3, 0.4) is 0 Å². The Balaban J connectivity index is 1.59. The molecule has 2 aliphatic rings. The highest BCUT2D eigenvalue weighted by Gasteiger charge is 2.47. The van der Waals surface area contributed by atoms with Gasteiger partial charge in [-0.3, -0.25) is 4.79 Å². The molecule has 0 saturated heterocycles. The van der Waals surface area contributed by atoms with Crippen molar-refractivity contribution in [3.63, 3.8) is 0 Å². The number of benzene rings is 1. The highest BCUT2D eigenvalue weighted by Crippen LogP contribution is 2.49. The molecular weight excluding hydrogens is 369 g/mol. The fourth-order valence-corrected chi connectivity index (χ4v) is 4.74. The third-order valence-electron chi connectivity index (χ3n) is 6.74. The Morgan fingerprint density at radius 2 is 1.71 bits per heavy atom. The molecule has 1 aromatic rings. The molecule has 2 saturated carbocycles. The standard InChI is InChI=1S/C22H29F3O3/c1-14-17(7-10-21(20(14)27)11-8-18(26)9-12-21)13-16-3-5-19(6-4-16)28-15(2)22(23,24)25/h3-6,14-15,17-18,26H,7-13H2,1-2H3/t14?,15-,17?,18?,21?/m0/s1. The van der Waals surface area contributed by atoms with E-state index in [4.69, 9.17) is 4.74 Å². The molecule has 2 fully saturated rings. The lowest BCUT2D eigenvalue weighted by Gasteiger charge is -2.45. The largest absolute Gasteiger partial charge is 0.481 e. The van der Waals surface area contributed by atoms with E-state index in [1.54, 1.807) is 24.3 Å². The van der Waals surface area contributed by atoms with Crippen LogP contribution in [0.2, 0.25) is 0 Å². The van der Waals surface area contributed by atoms with Crippen LogP contribution in [-0.2, 0) is 11.2 Å². The van der Waals surface area contributed by atoms with Crippen molar-refractivity contribution >= 4 is 5.78 Å². The van der Waals surface area contributed by atoms with E-state index in [-0.39, 0.29) is 29.1 Å². The summed E-state index contributed by atoms with van der Waals surface area (Å²) >= 11 is 0. The van der Waals surface area contributed by atoms with Gasteiger partial charge in [0.15, 0.2) is 6.10 Å². The summed E-state index contributed by atoms with van der Waals surface area (Å²) in [7, 11) is 0. The summed E-state index contributed by atoms with van der Waals surface area (Å²) in [5.74, 6) is 0.728. The zero-order valence-corrected chi connectivity index (χ0v) is 16.5. The van der Waals surface area contributed by atoms with Crippen LogP contribution in [0.5, 0.6) is 5.75 Å². The maximum atomic E-state index is 13.1. The van der Waals surface area contributed by atoms with Gasteiger partial charge in [0.25, 0.3) is 0 Å². The molecule has 1 N–H and O–H groups in total. The Bertz CT molecular complexity index is 675. The van der Waals surface area contributed by atoms with Crippen LogP contribution in [-0.4, -0.2) is 29.3 Å². The molecule has 0 aliphatic heterocycles. The van der Waals surface area contributed by atoms with Crippen molar-refractivity contribution in [2.45, 2.75) is 77.2 Å². The number of ketones is 1. The molecule has 0 radical (unpaired) electrons. The van der Waals surface area contributed by atoms with Crippen LogP contribution in [0, 0.1) is 17.3 Å². The van der Waals surface area contributed by atoms with Gasteiger partial charge in [-0.15, -0.1) is 0 Å². The number of carbonyl (C=O) groups is 1. The molecule has 0 bridgehead atoms. The molecule has 0 heterocycles. The van der Waals surface area contributed by atoms with Crippen LogP contribution in [0.4, 0.5) is 13.2 Å². The molecule has 0 amide bonds. The predicted molar refractivity (Wildman–Crippen MR) is 100 cm³/mol. The summed E-state index contributed by atoms with van der Waals surface area (Å²) in [4.78, 5) is 13.1. The summed E-state index contributed by atoms with van der Waals surface area (Å²) < 4.78 is 42.8. The van der Waals surface area contributed by atoms with Crippen molar-refractivity contribution in [1.29, 1.82) is 0 Å². The monoisotopic (exact) mass is 398 g/mol. The number of halogens is 3. The van der Waals surface area contributed by atoms with Gasteiger partial charge in [0.1, 0.15) is 11.5 Å². The quantitative estimate of drug-likeness (QED) is 0.768. The summed E-state index contributed by atoms with van der Waals surface area (Å²) in [6.45, 7) is 2.99. The van der Waals surface area contributed by atoms with E-state index in [2.05, 4.69) is 0 Å². The smallest absolute Gasteiger partial charge is 0.425 e. The van der Waals surface area contributed by atoms with Gasteiger partial charge in [0.2, 0.25) is 0 Å². The maximum Gasteiger partial charge on any atom is 0.425 e. The summed E-state index contributed by atoms with van der Waals surface area (Å²) in [5, 5.41) is 9.76. The number of rotatable bonds is 4. The molecule has 1 spiro atoms. The first-order valence-electron chi connectivity index (χ1n) is 10.2. The Labute approximate surface area is 164 Å². The van der Waals surface area contributed by atoms with Gasteiger partial charge in [-0.2, -0.15) is 13.2 Å². The first kappa shape index (κ1) is 21.2. The van der Waals surface area contributed by atoms with Crippen molar-refractivity contribution in [2.24, 2.45) is 17.3 Å². The van der Waals surface area contributed by atoms with E-state index >= 15 is 0 Å². The molecule has 2 unspecified atom stereocenters. The lowest BCUT2D eigenvalue weighted by atomic mass is 9.58. The van der Waals surface area contributed by atoms with Gasteiger partial charge in [0.05, 0.1) is 6.10 Å².